The van der Waals surface area contributed by atoms with Crippen molar-refractivity contribution < 1.29 is 9.59 Å². The molecule has 0 spiro atoms. The number of hydrogen-bond acceptors (Lipinski definition) is 2. The van der Waals surface area contributed by atoms with Crippen LogP contribution in [0.4, 0.5) is 0 Å². The molecule has 0 heterocycles. The molecule has 1 aromatic rings. The molecule has 0 fully saturated rings. The summed E-state index contributed by atoms with van der Waals surface area (Å²) in [4.78, 5) is 22.7. The fourth-order valence-corrected chi connectivity index (χ4v) is 3.31. The molecular formula is C20H29NO2. The van der Waals surface area contributed by atoms with E-state index in [0.717, 1.165) is 45.1 Å². The van der Waals surface area contributed by atoms with Gasteiger partial charge in [0.15, 0.2) is 0 Å². The molecule has 3 nitrogen and oxygen atoms in total. The van der Waals surface area contributed by atoms with Gasteiger partial charge in [-0.15, -0.1) is 0 Å². The zero-order chi connectivity index (χ0) is 16.5. The zero-order valence-corrected chi connectivity index (χ0v) is 14.3. The van der Waals surface area contributed by atoms with E-state index in [4.69, 9.17) is 0 Å². The van der Waals surface area contributed by atoms with Gasteiger partial charge in [0.2, 0.25) is 5.91 Å². The van der Waals surface area contributed by atoms with Crippen LogP contribution in [-0.4, -0.2) is 18.2 Å². The highest BCUT2D eigenvalue weighted by Gasteiger charge is 2.18. The lowest BCUT2D eigenvalue weighted by Crippen LogP contribution is -2.31. The van der Waals surface area contributed by atoms with Gasteiger partial charge in [-0.25, -0.2) is 0 Å². The summed E-state index contributed by atoms with van der Waals surface area (Å²) in [6.07, 6.45) is 8.65. The molecule has 0 saturated carbocycles. The van der Waals surface area contributed by atoms with Crippen LogP contribution in [0.1, 0.15) is 63.0 Å². The molecule has 1 N–H and O–H groups in total. The number of benzene rings is 1. The summed E-state index contributed by atoms with van der Waals surface area (Å²) in [5.74, 6) is 1.01. The predicted octanol–water partition coefficient (Wildman–Crippen LogP) is 3.84. The first-order valence-electron chi connectivity index (χ1n) is 8.98. The van der Waals surface area contributed by atoms with Crippen molar-refractivity contribution in [2.24, 2.45) is 5.92 Å². The third-order valence-electron chi connectivity index (χ3n) is 4.72. The van der Waals surface area contributed by atoms with Crippen molar-refractivity contribution in [3.63, 3.8) is 0 Å². The second kappa shape index (κ2) is 9.49. The zero-order valence-electron chi connectivity index (χ0n) is 14.3. The van der Waals surface area contributed by atoms with Crippen LogP contribution in [0, 0.1) is 5.92 Å². The average molecular weight is 315 g/mol. The predicted molar refractivity (Wildman–Crippen MR) is 93.3 cm³/mol. The van der Waals surface area contributed by atoms with Crippen molar-refractivity contribution in [1.82, 2.24) is 5.32 Å². The minimum absolute atomic E-state index is 0.176. The lowest BCUT2D eigenvalue weighted by Gasteiger charge is -2.24. The summed E-state index contributed by atoms with van der Waals surface area (Å²) >= 11 is 0. The SMILES string of the molecule is CC(=O)CCCCCCC(=O)NCC1CCc2ccccc2C1. The average Bonchev–Trinajstić information content (AvgIpc) is 2.55. The van der Waals surface area contributed by atoms with Crippen molar-refractivity contribution in [2.75, 3.05) is 6.54 Å². The van der Waals surface area contributed by atoms with E-state index < -0.39 is 0 Å². The number of fused-ring (bicyclic) bond motifs is 1. The maximum Gasteiger partial charge on any atom is 0.220 e. The molecule has 1 amide bonds. The van der Waals surface area contributed by atoms with Crippen molar-refractivity contribution in [2.45, 2.75) is 64.7 Å². The Hall–Kier alpha value is -1.64. The smallest absolute Gasteiger partial charge is 0.220 e. The summed E-state index contributed by atoms with van der Waals surface area (Å²) in [5, 5.41) is 3.10. The normalized spacial score (nSPS) is 16.7. The maximum atomic E-state index is 11.9. The fraction of sp³-hybridized carbons (Fsp3) is 0.600. The number of hydrogen-bond donors (Lipinski definition) is 1. The van der Waals surface area contributed by atoms with E-state index in [0.29, 0.717) is 18.8 Å². The number of carbonyl (C=O) groups is 2. The van der Waals surface area contributed by atoms with Gasteiger partial charge in [-0.1, -0.05) is 37.1 Å². The summed E-state index contributed by atoms with van der Waals surface area (Å²) in [6.45, 7) is 2.44. The molecule has 0 saturated heterocycles. The highest BCUT2D eigenvalue weighted by molar-refractivity contribution is 5.76. The van der Waals surface area contributed by atoms with Gasteiger partial charge in [-0.05, 0) is 56.1 Å². The van der Waals surface area contributed by atoms with Gasteiger partial charge in [0.25, 0.3) is 0 Å². The van der Waals surface area contributed by atoms with Gasteiger partial charge >= 0.3 is 0 Å². The number of ketones is 1. The highest BCUT2D eigenvalue weighted by Crippen LogP contribution is 2.24. The third-order valence-corrected chi connectivity index (χ3v) is 4.72. The molecular weight excluding hydrogens is 286 g/mol. The van der Waals surface area contributed by atoms with E-state index in [1.807, 2.05) is 0 Å². The Morgan fingerprint density at radius 3 is 2.48 bits per heavy atom. The molecule has 0 aliphatic heterocycles. The van der Waals surface area contributed by atoms with Crippen molar-refractivity contribution >= 4 is 11.7 Å². The first-order valence-corrected chi connectivity index (χ1v) is 8.98. The van der Waals surface area contributed by atoms with E-state index in [-0.39, 0.29) is 11.7 Å². The summed E-state index contributed by atoms with van der Waals surface area (Å²) in [7, 11) is 0. The second-order valence-electron chi connectivity index (χ2n) is 6.80. The minimum atomic E-state index is 0.176. The van der Waals surface area contributed by atoms with E-state index in [2.05, 4.69) is 29.6 Å². The Morgan fingerprint density at radius 2 is 1.74 bits per heavy atom. The lowest BCUT2D eigenvalue weighted by atomic mass is 9.84. The van der Waals surface area contributed by atoms with Gasteiger partial charge in [0, 0.05) is 19.4 Å². The van der Waals surface area contributed by atoms with E-state index >= 15 is 0 Å². The molecule has 1 aromatic carbocycles. The second-order valence-corrected chi connectivity index (χ2v) is 6.80. The van der Waals surface area contributed by atoms with Crippen molar-refractivity contribution in [3.05, 3.63) is 35.4 Å². The molecule has 2 rings (SSSR count). The Bertz CT molecular complexity index is 524. The largest absolute Gasteiger partial charge is 0.356 e. The Morgan fingerprint density at radius 1 is 1.04 bits per heavy atom. The molecule has 1 aliphatic carbocycles. The van der Waals surface area contributed by atoms with Crippen LogP contribution < -0.4 is 5.32 Å². The van der Waals surface area contributed by atoms with Crippen LogP contribution in [0.5, 0.6) is 0 Å². The minimum Gasteiger partial charge on any atom is -0.356 e. The first-order chi connectivity index (χ1) is 11.1. The van der Waals surface area contributed by atoms with Crippen LogP contribution in [0.3, 0.4) is 0 Å². The van der Waals surface area contributed by atoms with Gasteiger partial charge in [-0.3, -0.25) is 4.79 Å². The summed E-state index contributed by atoms with van der Waals surface area (Å²) in [6, 6.07) is 8.64. The first kappa shape index (κ1) is 17.7. The van der Waals surface area contributed by atoms with Crippen molar-refractivity contribution in [1.29, 1.82) is 0 Å². The van der Waals surface area contributed by atoms with Gasteiger partial charge in [0.1, 0.15) is 5.78 Å². The Balaban J connectivity index is 1.56. The monoisotopic (exact) mass is 315 g/mol. The lowest BCUT2D eigenvalue weighted by molar-refractivity contribution is -0.121. The molecule has 3 heteroatoms. The third kappa shape index (κ3) is 6.55. The number of Topliss-reactive ketones (excluding diaryl/α,β-unsaturated/α-hetero) is 1. The Kier molecular flexibility index (Phi) is 7.31. The Labute approximate surface area is 139 Å². The topological polar surface area (TPSA) is 46.2 Å². The van der Waals surface area contributed by atoms with Crippen LogP contribution in [0.2, 0.25) is 0 Å². The van der Waals surface area contributed by atoms with Gasteiger partial charge in [-0.2, -0.15) is 0 Å². The molecule has 0 bridgehead atoms. The number of rotatable bonds is 9. The maximum absolute atomic E-state index is 11.9. The molecule has 1 atom stereocenters. The molecule has 23 heavy (non-hydrogen) atoms. The van der Waals surface area contributed by atoms with E-state index in [1.54, 1.807) is 6.92 Å². The van der Waals surface area contributed by atoms with Crippen LogP contribution >= 0.6 is 0 Å². The molecule has 126 valence electrons. The molecule has 1 aliphatic rings. The number of carbonyl (C=O) groups excluding carboxylic acids is 2. The summed E-state index contributed by atoms with van der Waals surface area (Å²) in [5.41, 5.74) is 2.92. The van der Waals surface area contributed by atoms with E-state index in [9.17, 15) is 9.59 Å². The summed E-state index contributed by atoms with van der Waals surface area (Å²) < 4.78 is 0. The van der Waals surface area contributed by atoms with Gasteiger partial charge in [0.05, 0.1) is 0 Å². The van der Waals surface area contributed by atoms with Crippen molar-refractivity contribution in [3.8, 4) is 0 Å². The van der Waals surface area contributed by atoms with E-state index in [1.165, 1.54) is 17.5 Å². The number of aryl methyl sites for hydroxylation is 1. The number of amides is 1. The quantitative estimate of drug-likeness (QED) is 0.704. The number of unbranched alkanes of at least 4 members (excludes halogenated alkanes) is 3. The molecule has 0 radical (unpaired) electrons. The van der Waals surface area contributed by atoms with Gasteiger partial charge < -0.3 is 10.1 Å². The fourth-order valence-electron chi connectivity index (χ4n) is 3.31. The highest BCUT2D eigenvalue weighted by atomic mass is 16.1. The van der Waals surface area contributed by atoms with Crippen LogP contribution in [0.15, 0.2) is 24.3 Å². The number of nitrogens with one attached hydrogen (secondary N) is 1. The van der Waals surface area contributed by atoms with Crippen LogP contribution in [-0.2, 0) is 22.4 Å². The standard InChI is InChI=1S/C20H29NO2/c1-16(22)8-4-2-3-5-11-20(23)21-15-17-12-13-18-9-6-7-10-19(18)14-17/h6-7,9-10,17H,2-5,8,11-15H2,1H3,(H,21,23). The molecule has 1 unspecified atom stereocenters. The van der Waals surface area contributed by atoms with Crippen LogP contribution in [0.25, 0.3) is 0 Å². The molecule has 0 aromatic heterocycles.